The molecule has 1 amide bonds. The van der Waals surface area contributed by atoms with Crippen LogP contribution in [0.4, 0.5) is 5.69 Å². The first-order valence-corrected chi connectivity index (χ1v) is 8.63. The van der Waals surface area contributed by atoms with Gasteiger partial charge < -0.3 is 19.4 Å². The molecule has 136 valence electrons. The van der Waals surface area contributed by atoms with Crippen molar-refractivity contribution in [2.75, 3.05) is 11.9 Å². The lowest BCUT2D eigenvalue weighted by Gasteiger charge is -2.14. The van der Waals surface area contributed by atoms with Crippen LogP contribution >= 0.6 is 0 Å². The predicted molar refractivity (Wildman–Crippen MR) is 104 cm³/mol. The molecule has 0 saturated heterocycles. The Morgan fingerprint density at radius 2 is 1.96 bits per heavy atom. The molecule has 0 fully saturated rings. The highest BCUT2D eigenvalue weighted by molar-refractivity contribution is 6.09. The van der Waals surface area contributed by atoms with E-state index in [1.165, 1.54) is 4.57 Å². The smallest absolute Gasteiger partial charge is 0.291 e. The van der Waals surface area contributed by atoms with Crippen molar-refractivity contribution in [3.05, 3.63) is 76.9 Å². The standard InChI is InChI=1S/C21H18N2O4/c1-13(12-24)23-10-9-15-16(21(23)26)6-4-7-17(15)22-20(25)19-11-14-5-2-3-8-18(14)27-19/h2-11,13,24H,12H2,1H3,(H,22,25). The number of rotatable bonds is 4. The van der Waals surface area contributed by atoms with Crippen molar-refractivity contribution in [1.29, 1.82) is 0 Å². The summed E-state index contributed by atoms with van der Waals surface area (Å²) in [5.74, 6) is -0.179. The first-order valence-electron chi connectivity index (χ1n) is 8.63. The molecule has 0 bridgehead atoms. The maximum Gasteiger partial charge on any atom is 0.291 e. The highest BCUT2D eigenvalue weighted by Gasteiger charge is 2.15. The van der Waals surface area contributed by atoms with Crippen molar-refractivity contribution in [2.24, 2.45) is 0 Å². The summed E-state index contributed by atoms with van der Waals surface area (Å²) in [4.78, 5) is 25.3. The summed E-state index contributed by atoms with van der Waals surface area (Å²) < 4.78 is 7.08. The Morgan fingerprint density at radius 1 is 1.15 bits per heavy atom. The Hall–Kier alpha value is -3.38. The molecule has 2 aromatic carbocycles. The summed E-state index contributed by atoms with van der Waals surface area (Å²) in [5.41, 5.74) is 0.953. The summed E-state index contributed by atoms with van der Waals surface area (Å²) in [6.45, 7) is 1.63. The van der Waals surface area contributed by atoms with Gasteiger partial charge in [-0.1, -0.05) is 24.3 Å². The number of pyridine rings is 1. The summed E-state index contributed by atoms with van der Waals surface area (Å²) in [6.07, 6.45) is 1.63. The minimum Gasteiger partial charge on any atom is -0.451 e. The van der Waals surface area contributed by atoms with Crippen LogP contribution < -0.4 is 10.9 Å². The van der Waals surface area contributed by atoms with Gasteiger partial charge in [-0.15, -0.1) is 0 Å². The van der Waals surface area contributed by atoms with E-state index in [-0.39, 0.29) is 29.9 Å². The van der Waals surface area contributed by atoms with Gasteiger partial charge in [0.05, 0.1) is 12.6 Å². The van der Waals surface area contributed by atoms with Gasteiger partial charge in [-0.25, -0.2) is 0 Å². The maximum absolute atomic E-state index is 12.7. The zero-order valence-corrected chi connectivity index (χ0v) is 14.7. The highest BCUT2D eigenvalue weighted by atomic mass is 16.3. The molecule has 6 nitrogen and oxygen atoms in total. The van der Waals surface area contributed by atoms with E-state index in [4.69, 9.17) is 4.42 Å². The van der Waals surface area contributed by atoms with Gasteiger partial charge in [0.1, 0.15) is 5.58 Å². The number of hydrogen-bond acceptors (Lipinski definition) is 4. The quantitative estimate of drug-likeness (QED) is 0.581. The second kappa shape index (κ2) is 6.74. The van der Waals surface area contributed by atoms with Crippen LogP contribution in [-0.2, 0) is 0 Å². The van der Waals surface area contributed by atoms with Gasteiger partial charge in [-0.05, 0) is 37.3 Å². The number of para-hydroxylation sites is 1. The monoisotopic (exact) mass is 362 g/mol. The van der Waals surface area contributed by atoms with E-state index in [0.717, 1.165) is 5.39 Å². The van der Waals surface area contributed by atoms with Crippen LogP contribution in [0.5, 0.6) is 0 Å². The fourth-order valence-electron chi connectivity index (χ4n) is 3.11. The second-order valence-corrected chi connectivity index (χ2v) is 6.43. The van der Waals surface area contributed by atoms with E-state index in [9.17, 15) is 14.7 Å². The molecule has 0 aliphatic rings. The van der Waals surface area contributed by atoms with E-state index >= 15 is 0 Å². The molecule has 0 radical (unpaired) electrons. The molecule has 0 aliphatic heterocycles. The first-order chi connectivity index (χ1) is 13.1. The highest BCUT2D eigenvalue weighted by Crippen LogP contribution is 2.24. The fraction of sp³-hybridized carbons (Fsp3) is 0.143. The number of amides is 1. The zero-order valence-electron chi connectivity index (χ0n) is 14.7. The number of carbonyl (C=O) groups is 1. The van der Waals surface area contributed by atoms with Crippen molar-refractivity contribution in [3.63, 3.8) is 0 Å². The van der Waals surface area contributed by atoms with Crippen molar-refractivity contribution >= 4 is 33.3 Å². The first kappa shape index (κ1) is 17.1. The van der Waals surface area contributed by atoms with Gasteiger partial charge in [0, 0.05) is 28.0 Å². The van der Waals surface area contributed by atoms with Crippen LogP contribution in [0.1, 0.15) is 23.5 Å². The molecule has 2 N–H and O–H groups in total. The van der Waals surface area contributed by atoms with Crippen molar-refractivity contribution in [1.82, 2.24) is 4.57 Å². The molecular weight excluding hydrogens is 344 g/mol. The number of nitrogens with one attached hydrogen (secondary N) is 1. The number of furan rings is 1. The molecule has 2 heterocycles. The van der Waals surface area contributed by atoms with Gasteiger partial charge in [0.2, 0.25) is 0 Å². The Kier molecular flexibility index (Phi) is 4.25. The Balaban J connectivity index is 1.72. The fourth-order valence-corrected chi connectivity index (χ4v) is 3.11. The van der Waals surface area contributed by atoms with Gasteiger partial charge >= 0.3 is 0 Å². The molecule has 0 aliphatic carbocycles. The summed E-state index contributed by atoms with van der Waals surface area (Å²) in [6, 6.07) is 15.7. The summed E-state index contributed by atoms with van der Waals surface area (Å²) in [5, 5.41) is 14.1. The van der Waals surface area contributed by atoms with Gasteiger partial charge in [-0.2, -0.15) is 0 Å². The van der Waals surface area contributed by atoms with Crippen molar-refractivity contribution in [2.45, 2.75) is 13.0 Å². The average Bonchev–Trinajstić information content (AvgIpc) is 3.12. The third-order valence-corrected chi connectivity index (χ3v) is 4.61. The van der Waals surface area contributed by atoms with E-state index in [1.807, 2.05) is 18.2 Å². The lowest BCUT2D eigenvalue weighted by Crippen LogP contribution is -2.25. The van der Waals surface area contributed by atoms with E-state index in [2.05, 4.69) is 5.32 Å². The lowest BCUT2D eigenvalue weighted by molar-refractivity contribution is 0.0999. The number of aliphatic hydroxyl groups excluding tert-OH is 1. The Bertz CT molecular complexity index is 1170. The van der Waals surface area contributed by atoms with Crippen LogP contribution in [0.15, 0.2) is 70.0 Å². The second-order valence-electron chi connectivity index (χ2n) is 6.43. The molecule has 0 saturated carbocycles. The maximum atomic E-state index is 12.7. The minimum atomic E-state index is -0.383. The number of anilines is 1. The molecule has 0 spiro atoms. The Labute approximate surface area is 154 Å². The topological polar surface area (TPSA) is 84.5 Å². The number of benzene rings is 2. The van der Waals surface area contributed by atoms with Crippen LogP contribution in [-0.4, -0.2) is 22.2 Å². The molecule has 4 aromatic rings. The molecule has 27 heavy (non-hydrogen) atoms. The number of hydrogen-bond donors (Lipinski definition) is 2. The van der Waals surface area contributed by atoms with Crippen molar-refractivity contribution < 1.29 is 14.3 Å². The van der Waals surface area contributed by atoms with Crippen LogP contribution in [0.2, 0.25) is 0 Å². The van der Waals surface area contributed by atoms with Crippen LogP contribution in [0.25, 0.3) is 21.7 Å². The normalized spacial score (nSPS) is 12.4. The van der Waals surface area contributed by atoms with Crippen molar-refractivity contribution in [3.8, 4) is 0 Å². The zero-order chi connectivity index (χ0) is 19.0. The number of aromatic nitrogens is 1. The third kappa shape index (κ3) is 3.00. The van der Waals surface area contributed by atoms with E-state index < -0.39 is 0 Å². The predicted octanol–water partition coefficient (Wildman–Crippen LogP) is 3.55. The largest absolute Gasteiger partial charge is 0.451 e. The number of aliphatic hydroxyl groups is 1. The lowest BCUT2D eigenvalue weighted by atomic mass is 10.1. The number of fused-ring (bicyclic) bond motifs is 2. The van der Waals surface area contributed by atoms with E-state index in [1.54, 1.807) is 49.5 Å². The third-order valence-electron chi connectivity index (χ3n) is 4.61. The average molecular weight is 362 g/mol. The van der Waals surface area contributed by atoms with Crippen LogP contribution in [0, 0.1) is 0 Å². The van der Waals surface area contributed by atoms with Gasteiger partial charge in [-0.3, -0.25) is 9.59 Å². The van der Waals surface area contributed by atoms with Crippen LogP contribution in [0.3, 0.4) is 0 Å². The minimum absolute atomic E-state index is 0.131. The summed E-state index contributed by atoms with van der Waals surface area (Å²) >= 11 is 0. The summed E-state index contributed by atoms with van der Waals surface area (Å²) in [7, 11) is 0. The number of nitrogens with zero attached hydrogens (tertiary/aromatic N) is 1. The molecular formula is C21H18N2O4. The molecule has 4 rings (SSSR count). The molecule has 2 aromatic heterocycles. The Morgan fingerprint density at radius 3 is 2.74 bits per heavy atom. The van der Waals surface area contributed by atoms with Gasteiger partial charge in [0.25, 0.3) is 11.5 Å². The van der Waals surface area contributed by atoms with E-state index in [0.29, 0.717) is 22.0 Å². The van der Waals surface area contributed by atoms with Gasteiger partial charge in [0.15, 0.2) is 5.76 Å². The number of carbonyl (C=O) groups excluding carboxylic acids is 1. The molecule has 1 atom stereocenters. The molecule has 1 unspecified atom stereocenters. The SMILES string of the molecule is CC(CO)n1ccc2c(NC(=O)c3cc4ccccc4o3)cccc2c1=O. The molecule has 6 heteroatoms.